The molecule has 1 amide bonds. The average Bonchev–Trinajstić information content (AvgIpc) is 3.43. The second-order valence-corrected chi connectivity index (χ2v) is 7.63. The average molecular weight is 444 g/mol. The molecule has 0 unspecified atom stereocenters. The van der Waals surface area contributed by atoms with Crippen LogP contribution in [0.1, 0.15) is 40.1 Å². The molecule has 2 aromatic carbocycles. The van der Waals surface area contributed by atoms with E-state index in [2.05, 4.69) is 15.7 Å². The van der Waals surface area contributed by atoms with Crippen molar-refractivity contribution in [3.63, 3.8) is 0 Å². The zero-order chi connectivity index (χ0) is 22.3. The minimum absolute atomic E-state index is 0.0796. The summed E-state index contributed by atoms with van der Waals surface area (Å²) in [5, 5.41) is 9.75. The Morgan fingerprint density at radius 1 is 1.12 bits per heavy atom. The zero-order valence-corrected chi connectivity index (χ0v) is 16.7. The lowest BCUT2D eigenvalue weighted by Gasteiger charge is -2.33. The van der Waals surface area contributed by atoms with Crippen molar-refractivity contribution in [2.75, 3.05) is 12.1 Å². The van der Waals surface area contributed by atoms with Crippen molar-refractivity contribution in [1.29, 1.82) is 0 Å². The standard InChI is InChI=1S/C22H19F3N4O3/c23-22(24,25)19-9-15(14-6-7-17-18(8-14)32-12-31-17)27-20-10-16(28-29(19)20)21(30)26-11-13-4-2-1-3-5-13/h1-8,10,15,19,27H,9,11-12H2,(H,26,30)/t15-,19+/m0/s1. The summed E-state index contributed by atoms with van der Waals surface area (Å²) in [6, 6.07) is 13.1. The second-order valence-electron chi connectivity index (χ2n) is 7.63. The van der Waals surface area contributed by atoms with Crippen molar-refractivity contribution < 1.29 is 27.4 Å². The summed E-state index contributed by atoms with van der Waals surface area (Å²) in [4.78, 5) is 12.5. The molecule has 0 aliphatic carbocycles. The Labute approximate surface area is 181 Å². The van der Waals surface area contributed by atoms with Gasteiger partial charge in [0, 0.05) is 19.0 Å². The normalized spacial score (nSPS) is 19.2. The number of halogens is 3. The van der Waals surface area contributed by atoms with Gasteiger partial charge in [-0.1, -0.05) is 36.4 Å². The third-order valence-corrected chi connectivity index (χ3v) is 5.52. The quantitative estimate of drug-likeness (QED) is 0.631. The molecule has 3 aromatic rings. The highest BCUT2D eigenvalue weighted by Gasteiger charge is 2.47. The van der Waals surface area contributed by atoms with Crippen LogP contribution in [-0.2, 0) is 6.54 Å². The molecular weight excluding hydrogens is 425 g/mol. The molecule has 2 aliphatic heterocycles. The molecular formula is C22H19F3N4O3. The van der Waals surface area contributed by atoms with Crippen LogP contribution in [0.3, 0.4) is 0 Å². The molecule has 0 saturated heterocycles. The molecule has 5 rings (SSSR count). The number of carbonyl (C=O) groups is 1. The van der Waals surface area contributed by atoms with E-state index >= 15 is 0 Å². The number of fused-ring (bicyclic) bond motifs is 2. The number of benzene rings is 2. The second kappa shape index (κ2) is 7.77. The number of ether oxygens (including phenoxy) is 2. The number of carbonyl (C=O) groups excluding carboxylic acids is 1. The van der Waals surface area contributed by atoms with E-state index in [0.29, 0.717) is 17.1 Å². The fourth-order valence-electron chi connectivity index (χ4n) is 3.90. The first-order chi connectivity index (χ1) is 15.4. The number of nitrogens with one attached hydrogen (secondary N) is 2. The van der Waals surface area contributed by atoms with Gasteiger partial charge in [0.25, 0.3) is 5.91 Å². The third-order valence-electron chi connectivity index (χ3n) is 5.52. The minimum atomic E-state index is -4.53. The predicted molar refractivity (Wildman–Crippen MR) is 108 cm³/mol. The number of rotatable bonds is 4. The van der Waals surface area contributed by atoms with Crippen molar-refractivity contribution >= 4 is 11.7 Å². The van der Waals surface area contributed by atoms with Crippen molar-refractivity contribution in [2.24, 2.45) is 0 Å². The van der Waals surface area contributed by atoms with E-state index in [1.807, 2.05) is 30.3 Å². The van der Waals surface area contributed by atoms with E-state index in [4.69, 9.17) is 9.47 Å². The van der Waals surface area contributed by atoms with Gasteiger partial charge in [-0.15, -0.1) is 0 Å². The molecule has 0 spiro atoms. The van der Waals surface area contributed by atoms with Crippen LogP contribution in [0.2, 0.25) is 0 Å². The molecule has 1 aromatic heterocycles. The summed E-state index contributed by atoms with van der Waals surface area (Å²) in [5.74, 6) is 0.636. The summed E-state index contributed by atoms with van der Waals surface area (Å²) in [6.45, 7) is 0.327. The van der Waals surface area contributed by atoms with E-state index in [0.717, 1.165) is 10.2 Å². The van der Waals surface area contributed by atoms with Crippen molar-refractivity contribution in [3.8, 4) is 11.5 Å². The van der Waals surface area contributed by atoms with Gasteiger partial charge in [0.05, 0.1) is 6.04 Å². The summed E-state index contributed by atoms with van der Waals surface area (Å²) in [6.07, 6.45) is -4.81. The zero-order valence-electron chi connectivity index (χ0n) is 16.7. The Hall–Kier alpha value is -3.69. The van der Waals surface area contributed by atoms with Gasteiger partial charge in [-0.05, 0) is 23.3 Å². The molecule has 7 nitrogen and oxygen atoms in total. The highest BCUT2D eigenvalue weighted by atomic mass is 19.4. The first kappa shape index (κ1) is 20.2. The van der Waals surface area contributed by atoms with Crippen molar-refractivity contribution in [2.45, 2.75) is 31.2 Å². The first-order valence-electron chi connectivity index (χ1n) is 10.0. The lowest BCUT2D eigenvalue weighted by Crippen LogP contribution is -2.35. The van der Waals surface area contributed by atoms with E-state index in [-0.39, 0.29) is 31.3 Å². The molecule has 0 saturated carbocycles. The fourth-order valence-corrected chi connectivity index (χ4v) is 3.90. The Kier molecular flexibility index (Phi) is 4.91. The summed E-state index contributed by atoms with van der Waals surface area (Å²) in [5.41, 5.74) is 1.43. The molecule has 0 radical (unpaired) electrons. The molecule has 3 heterocycles. The van der Waals surface area contributed by atoms with Gasteiger partial charge in [-0.3, -0.25) is 4.79 Å². The van der Waals surface area contributed by atoms with Crippen LogP contribution in [0.4, 0.5) is 19.0 Å². The molecule has 10 heteroatoms. The highest BCUT2D eigenvalue weighted by molar-refractivity contribution is 5.93. The van der Waals surface area contributed by atoms with Crippen molar-refractivity contribution in [1.82, 2.24) is 15.1 Å². The number of anilines is 1. The van der Waals surface area contributed by atoms with Crippen molar-refractivity contribution in [3.05, 3.63) is 71.4 Å². The van der Waals surface area contributed by atoms with Gasteiger partial charge < -0.3 is 20.1 Å². The van der Waals surface area contributed by atoms with E-state index in [9.17, 15) is 18.0 Å². The smallest absolute Gasteiger partial charge is 0.410 e. The molecule has 2 atom stereocenters. The number of nitrogens with zero attached hydrogens (tertiary/aromatic N) is 2. The van der Waals surface area contributed by atoms with Gasteiger partial charge in [-0.25, -0.2) is 4.68 Å². The van der Waals surface area contributed by atoms with Crippen LogP contribution in [0.25, 0.3) is 0 Å². The maximum atomic E-state index is 13.9. The van der Waals surface area contributed by atoms with Crippen LogP contribution in [0.15, 0.2) is 54.6 Å². The molecule has 32 heavy (non-hydrogen) atoms. The van der Waals surface area contributed by atoms with Crippen LogP contribution < -0.4 is 20.1 Å². The van der Waals surface area contributed by atoms with E-state index < -0.39 is 24.2 Å². The Morgan fingerprint density at radius 3 is 2.69 bits per heavy atom. The van der Waals surface area contributed by atoms with Gasteiger partial charge in [0.15, 0.2) is 23.2 Å². The Morgan fingerprint density at radius 2 is 1.91 bits per heavy atom. The number of hydrogen-bond acceptors (Lipinski definition) is 5. The topological polar surface area (TPSA) is 77.4 Å². The number of alkyl halides is 3. The van der Waals surface area contributed by atoms with Gasteiger partial charge in [0.2, 0.25) is 6.79 Å². The van der Waals surface area contributed by atoms with Crippen LogP contribution in [0.5, 0.6) is 11.5 Å². The molecule has 0 fully saturated rings. The largest absolute Gasteiger partial charge is 0.454 e. The third kappa shape index (κ3) is 3.83. The summed E-state index contributed by atoms with van der Waals surface area (Å²) in [7, 11) is 0. The van der Waals surface area contributed by atoms with Gasteiger partial charge in [0.1, 0.15) is 5.82 Å². The number of hydrogen-bond donors (Lipinski definition) is 2. The minimum Gasteiger partial charge on any atom is -0.454 e. The predicted octanol–water partition coefficient (Wildman–Crippen LogP) is 4.20. The number of amides is 1. The SMILES string of the molecule is O=C(NCc1ccccc1)c1cc2n(n1)[C@@H](C(F)(F)F)C[C@@H](c1ccc3c(c1)OCO3)N2. The monoisotopic (exact) mass is 444 g/mol. The Bertz CT molecular complexity index is 1150. The first-order valence-corrected chi connectivity index (χ1v) is 10.0. The fraction of sp³-hybridized carbons (Fsp3) is 0.273. The number of aromatic nitrogens is 2. The summed E-state index contributed by atoms with van der Waals surface area (Å²) < 4.78 is 53.1. The molecule has 166 valence electrons. The lowest BCUT2D eigenvalue weighted by atomic mass is 9.96. The maximum absolute atomic E-state index is 13.9. The highest BCUT2D eigenvalue weighted by Crippen LogP contribution is 2.45. The van der Waals surface area contributed by atoms with Gasteiger partial charge >= 0.3 is 6.18 Å². The lowest BCUT2D eigenvalue weighted by molar-refractivity contribution is -0.173. The maximum Gasteiger partial charge on any atom is 0.410 e. The Balaban J connectivity index is 1.40. The molecule has 0 bridgehead atoms. The van der Waals surface area contributed by atoms with E-state index in [1.165, 1.54) is 6.07 Å². The van der Waals surface area contributed by atoms with Crippen LogP contribution in [0, 0.1) is 0 Å². The van der Waals surface area contributed by atoms with Gasteiger partial charge in [-0.2, -0.15) is 18.3 Å². The summed E-state index contributed by atoms with van der Waals surface area (Å²) >= 11 is 0. The van der Waals surface area contributed by atoms with Crippen LogP contribution >= 0.6 is 0 Å². The van der Waals surface area contributed by atoms with E-state index in [1.54, 1.807) is 18.2 Å². The molecule has 2 aliphatic rings. The molecule has 2 N–H and O–H groups in total. The van der Waals surface area contributed by atoms with Crippen LogP contribution in [-0.4, -0.2) is 28.7 Å².